The van der Waals surface area contributed by atoms with Gasteiger partial charge in [-0.2, -0.15) is 0 Å². The molecule has 1 nitrogen and oxygen atoms in total. The summed E-state index contributed by atoms with van der Waals surface area (Å²) in [6.45, 7) is 0. The third-order valence-corrected chi connectivity index (χ3v) is 1.05. The van der Waals surface area contributed by atoms with E-state index in [1.54, 1.807) is 0 Å². The highest BCUT2D eigenvalue weighted by atomic mass is 35.5. The standard InChI is InChI=1S/C6H4Cl2O/c7-4-1-5(8)3-6(9)2-4/h1-3,9H/i1D,2D,3D. The Morgan fingerprint density at radius 2 is 1.67 bits per heavy atom. The molecular weight excluding hydrogens is 159 g/mol. The van der Waals surface area contributed by atoms with Crippen LogP contribution in [-0.4, -0.2) is 5.11 Å². The highest BCUT2D eigenvalue weighted by molar-refractivity contribution is 6.34. The summed E-state index contributed by atoms with van der Waals surface area (Å²) in [5, 5.41) is 8.58. The molecule has 1 N–H and O–H groups in total. The number of hydrogen-bond donors (Lipinski definition) is 1. The zero-order valence-electron chi connectivity index (χ0n) is 7.20. The number of phenols is 1. The van der Waals surface area contributed by atoms with Gasteiger partial charge in [0.1, 0.15) is 5.75 Å². The predicted octanol–water partition coefficient (Wildman–Crippen LogP) is 2.70. The fourth-order valence-corrected chi connectivity index (χ4v) is 0.814. The van der Waals surface area contributed by atoms with E-state index in [9.17, 15) is 0 Å². The quantitative estimate of drug-likeness (QED) is 0.628. The summed E-state index contributed by atoms with van der Waals surface area (Å²) in [4.78, 5) is 0. The molecule has 0 atom stereocenters. The smallest absolute Gasteiger partial charge is 0.118 e. The molecule has 0 bridgehead atoms. The van der Waals surface area contributed by atoms with Gasteiger partial charge in [0.2, 0.25) is 0 Å². The molecule has 0 aliphatic carbocycles. The molecule has 0 spiro atoms. The van der Waals surface area contributed by atoms with Crippen LogP contribution in [0, 0.1) is 0 Å². The molecule has 9 heavy (non-hydrogen) atoms. The molecule has 3 heteroatoms. The summed E-state index contributed by atoms with van der Waals surface area (Å²) >= 11 is 10.9. The summed E-state index contributed by atoms with van der Waals surface area (Å²) in [6, 6.07) is -1.17. The Kier molecular flexibility index (Phi) is 1.01. The molecule has 0 saturated heterocycles. The van der Waals surface area contributed by atoms with Gasteiger partial charge >= 0.3 is 0 Å². The van der Waals surface area contributed by atoms with Gasteiger partial charge in [-0.15, -0.1) is 0 Å². The molecule has 48 valence electrons. The van der Waals surface area contributed by atoms with Crippen LogP contribution < -0.4 is 0 Å². The Morgan fingerprint density at radius 3 is 2.11 bits per heavy atom. The molecule has 0 aromatic heterocycles. The summed E-state index contributed by atoms with van der Waals surface area (Å²) in [7, 11) is 0. The number of hydrogen-bond acceptors (Lipinski definition) is 1. The second-order valence-corrected chi connectivity index (χ2v) is 2.11. The topological polar surface area (TPSA) is 20.2 Å². The van der Waals surface area contributed by atoms with E-state index in [1.807, 2.05) is 0 Å². The first-order chi connectivity index (χ1) is 5.46. The maximum absolute atomic E-state index is 9.07. The molecule has 1 rings (SSSR count). The normalized spacial score (nSPS) is 14.2. The Morgan fingerprint density at radius 1 is 1.22 bits per heavy atom. The zero-order chi connectivity index (χ0) is 9.46. The average Bonchev–Trinajstić information content (AvgIpc) is 2.08. The van der Waals surface area contributed by atoms with Crippen LogP contribution >= 0.6 is 23.2 Å². The molecule has 1 aromatic carbocycles. The second-order valence-electron chi connectivity index (χ2n) is 1.35. The lowest BCUT2D eigenvalue weighted by Crippen LogP contribution is -1.65. The third-order valence-electron chi connectivity index (χ3n) is 0.676. The Labute approximate surface area is 67.0 Å². The Bertz CT molecular complexity index is 235. The van der Waals surface area contributed by atoms with Gasteiger partial charge in [-0.05, 0) is 18.1 Å². The monoisotopic (exact) mass is 165 g/mol. The van der Waals surface area contributed by atoms with Crippen LogP contribution in [0.4, 0.5) is 0 Å². The van der Waals surface area contributed by atoms with Crippen molar-refractivity contribution < 1.29 is 9.22 Å². The van der Waals surface area contributed by atoms with E-state index < -0.39 is 17.8 Å². The molecule has 0 saturated carbocycles. The summed E-state index contributed by atoms with van der Waals surface area (Å²) in [5.41, 5.74) is 0. The van der Waals surface area contributed by atoms with E-state index in [0.29, 0.717) is 0 Å². The van der Waals surface area contributed by atoms with Crippen LogP contribution in [0.3, 0.4) is 0 Å². The van der Waals surface area contributed by atoms with Crippen molar-refractivity contribution >= 4 is 23.2 Å². The largest absolute Gasteiger partial charge is 0.508 e. The number of aromatic hydroxyl groups is 1. The SMILES string of the molecule is [2H]c1c(O)c([2H])c(Cl)c([2H])c1Cl. The van der Waals surface area contributed by atoms with Gasteiger partial charge in [0.05, 0.1) is 4.11 Å². The number of phenolic OH excluding ortho intramolecular Hbond substituents is 1. The van der Waals surface area contributed by atoms with Crippen LogP contribution in [0.25, 0.3) is 0 Å². The minimum atomic E-state index is -0.596. The third kappa shape index (κ3) is 1.77. The fraction of sp³-hybridized carbons (Fsp3) is 0. The molecule has 0 fully saturated rings. The first kappa shape index (κ1) is 3.69. The highest BCUT2D eigenvalue weighted by Gasteiger charge is 1.93. The van der Waals surface area contributed by atoms with E-state index in [1.165, 1.54) is 0 Å². The van der Waals surface area contributed by atoms with Crippen molar-refractivity contribution in [1.82, 2.24) is 0 Å². The van der Waals surface area contributed by atoms with Gasteiger partial charge in [0.15, 0.2) is 0 Å². The lowest BCUT2D eigenvalue weighted by atomic mass is 10.3. The van der Waals surface area contributed by atoms with E-state index in [-0.39, 0.29) is 16.1 Å². The van der Waals surface area contributed by atoms with Crippen LogP contribution in [0.2, 0.25) is 10.0 Å². The molecule has 0 aliphatic rings. The van der Waals surface area contributed by atoms with Gasteiger partial charge in [0.25, 0.3) is 0 Å². The van der Waals surface area contributed by atoms with E-state index in [2.05, 4.69) is 0 Å². The summed E-state index contributed by atoms with van der Waals surface area (Å²) in [5.74, 6) is -0.596. The maximum atomic E-state index is 9.07. The van der Waals surface area contributed by atoms with Crippen molar-refractivity contribution in [3.05, 3.63) is 28.2 Å². The van der Waals surface area contributed by atoms with E-state index in [0.717, 1.165) is 0 Å². The summed E-state index contributed by atoms with van der Waals surface area (Å²) < 4.78 is 21.5. The predicted molar refractivity (Wildman–Crippen MR) is 38.1 cm³/mol. The van der Waals surface area contributed by atoms with Crippen molar-refractivity contribution in [2.45, 2.75) is 0 Å². The van der Waals surface area contributed by atoms with E-state index >= 15 is 0 Å². The average molecular weight is 166 g/mol. The lowest BCUT2D eigenvalue weighted by molar-refractivity contribution is 0.475. The molecule has 0 unspecified atom stereocenters. The van der Waals surface area contributed by atoms with Crippen molar-refractivity contribution in [2.75, 3.05) is 0 Å². The van der Waals surface area contributed by atoms with Gasteiger partial charge in [0, 0.05) is 10.0 Å². The minimum Gasteiger partial charge on any atom is -0.508 e. The molecule has 1 aromatic rings. The molecule has 0 amide bonds. The molecule has 0 aliphatic heterocycles. The zero-order valence-corrected chi connectivity index (χ0v) is 5.72. The lowest BCUT2D eigenvalue weighted by Gasteiger charge is -1.92. The summed E-state index contributed by atoms with van der Waals surface area (Å²) in [6.07, 6.45) is 0. The Hall–Kier alpha value is -0.400. The van der Waals surface area contributed by atoms with Crippen LogP contribution in [0.15, 0.2) is 18.1 Å². The van der Waals surface area contributed by atoms with Crippen molar-refractivity contribution in [2.24, 2.45) is 0 Å². The van der Waals surface area contributed by atoms with E-state index in [4.69, 9.17) is 32.4 Å². The van der Waals surface area contributed by atoms with Gasteiger partial charge in [-0.25, -0.2) is 0 Å². The van der Waals surface area contributed by atoms with Gasteiger partial charge in [-0.1, -0.05) is 23.2 Å². The molecule has 0 heterocycles. The van der Waals surface area contributed by atoms with Crippen LogP contribution in [-0.2, 0) is 0 Å². The number of benzene rings is 1. The second kappa shape index (κ2) is 2.46. The number of halogens is 2. The number of rotatable bonds is 0. The minimum absolute atomic E-state index is 0.242. The van der Waals surface area contributed by atoms with Crippen LogP contribution in [0.5, 0.6) is 5.75 Å². The first-order valence-corrected chi connectivity index (χ1v) is 2.86. The highest BCUT2D eigenvalue weighted by Crippen LogP contribution is 2.22. The molecular formula is C6H4Cl2O. The first-order valence-electron chi connectivity index (χ1n) is 3.60. The van der Waals surface area contributed by atoms with Crippen molar-refractivity contribution in [3.63, 3.8) is 0 Å². The Balaban J connectivity index is 3.60. The van der Waals surface area contributed by atoms with Crippen molar-refractivity contribution in [1.29, 1.82) is 0 Å². The maximum Gasteiger partial charge on any atom is 0.118 e. The van der Waals surface area contributed by atoms with Crippen LogP contribution in [0.1, 0.15) is 4.11 Å². The van der Waals surface area contributed by atoms with Gasteiger partial charge in [-0.3, -0.25) is 0 Å². The van der Waals surface area contributed by atoms with Crippen molar-refractivity contribution in [3.8, 4) is 5.75 Å². The van der Waals surface area contributed by atoms with Gasteiger partial charge < -0.3 is 5.11 Å². The fourth-order valence-electron chi connectivity index (χ4n) is 0.398. The molecule has 0 radical (unpaired) electrons.